The monoisotopic (exact) mass is 955 g/mol. The van der Waals surface area contributed by atoms with Gasteiger partial charge in [-0.2, -0.15) is 16.8 Å². The van der Waals surface area contributed by atoms with Gasteiger partial charge in [0.05, 0.1) is 26.6 Å². The molecule has 67 heavy (non-hydrogen) atoms. The highest BCUT2D eigenvalue weighted by Crippen LogP contribution is 2.51. The summed E-state index contributed by atoms with van der Waals surface area (Å²) in [6.07, 6.45) is 9.41. The molecule has 0 saturated carbocycles. The van der Waals surface area contributed by atoms with Crippen molar-refractivity contribution in [2.45, 2.75) is 82.2 Å². The summed E-state index contributed by atoms with van der Waals surface area (Å²) in [5.41, 5.74) is 3.39. The van der Waals surface area contributed by atoms with Crippen LogP contribution in [0.25, 0.3) is 17.4 Å². The van der Waals surface area contributed by atoms with Gasteiger partial charge in [0.1, 0.15) is 11.5 Å². The third-order valence-corrected chi connectivity index (χ3v) is 13.2. The van der Waals surface area contributed by atoms with Crippen LogP contribution in [0.5, 0.6) is 0 Å². The number of non-ortho nitro benzene ring substituents is 2. The van der Waals surface area contributed by atoms with Gasteiger partial charge in [-0.05, 0) is 98.0 Å². The van der Waals surface area contributed by atoms with Crippen molar-refractivity contribution in [2.24, 2.45) is 0 Å². The number of anilines is 1. The molecule has 17 nitrogen and oxygen atoms in total. The van der Waals surface area contributed by atoms with E-state index in [-0.39, 0.29) is 48.5 Å². The van der Waals surface area contributed by atoms with E-state index in [0.717, 1.165) is 27.6 Å². The highest BCUT2D eigenvalue weighted by Gasteiger charge is 2.43. The van der Waals surface area contributed by atoms with Crippen molar-refractivity contribution in [2.75, 3.05) is 17.2 Å². The molecule has 1 atom stereocenters. The molecule has 0 amide bonds. The number of carboxylic acid groups (broad SMARTS) is 1. The normalized spacial score (nSPS) is 16.0. The lowest BCUT2D eigenvalue weighted by atomic mass is 9.77. The van der Waals surface area contributed by atoms with E-state index in [2.05, 4.69) is 0 Å². The Morgan fingerprint density at radius 3 is 1.96 bits per heavy atom. The van der Waals surface area contributed by atoms with Crippen molar-refractivity contribution >= 4 is 49.3 Å². The number of allylic oxidation sites excluding steroid dienone is 5. The minimum atomic E-state index is -4.61. The average Bonchev–Trinajstić information content (AvgIpc) is 3.47. The van der Waals surface area contributed by atoms with Gasteiger partial charge in [-0.15, -0.1) is 0 Å². The molecule has 2 heterocycles. The molecule has 0 aromatic heterocycles. The fraction of sp³-hybridized carbons (Fsp3) is 0.292. The molecule has 6 rings (SSSR count). The standard InChI is InChI=1S/C48H50N4O13S2/c1-47(2,3)45-28-35(40-23-21-38(29-43(40)65-45)49(31-33-13-17-36(18-14-33)51(55)56)32-34-15-19-37(20-16-34)52(57)58)10-6-5-7-11-44-48(4,25-8-12-46(53)54)41-30-39(67(62,63)64)22-24-42(41)50(44)26-9-27-66(59,60)61/h5-7,10-11,13-24,28-30H,8-9,12,25-27,31-32H2,1-4H3,(H2-,53,54,59,60,61,62,63,64)/p+1. The second-order valence-electron chi connectivity index (χ2n) is 17.5. The molecule has 3 aromatic rings. The van der Waals surface area contributed by atoms with Gasteiger partial charge in [0, 0.05) is 82.2 Å². The molecule has 19 heteroatoms. The van der Waals surface area contributed by atoms with Crippen LogP contribution in [0.15, 0.2) is 130 Å². The van der Waals surface area contributed by atoms with Crippen molar-refractivity contribution in [1.82, 2.24) is 4.58 Å². The van der Waals surface area contributed by atoms with Gasteiger partial charge in [-0.1, -0.05) is 45.1 Å². The second-order valence-corrected chi connectivity index (χ2v) is 20.5. The number of rotatable bonds is 18. The number of nitro groups is 2. The fourth-order valence-electron chi connectivity index (χ4n) is 8.09. The highest BCUT2D eigenvalue weighted by atomic mass is 32.2. The summed E-state index contributed by atoms with van der Waals surface area (Å²) in [6.45, 7) is 8.68. The zero-order valence-corrected chi connectivity index (χ0v) is 38.9. The van der Waals surface area contributed by atoms with Crippen molar-refractivity contribution < 1.29 is 50.1 Å². The van der Waals surface area contributed by atoms with Crippen LogP contribution in [0.4, 0.5) is 17.1 Å². The van der Waals surface area contributed by atoms with Crippen LogP contribution >= 0.6 is 0 Å². The Bertz CT molecular complexity index is 3000. The Balaban J connectivity index is 1.41. The largest absolute Gasteiger partial charge is 0.481 e. The minimum Gasteiger partial charge on any atom is -0.481 e. The van der Waals surface area contributed by atoms with E-state index < -0.39 is 52.6 Å². The Morgan fingerprint density at radius 2 is 1.42 bits per heavy atom. The summed E-state index contributed by atoms with van der Waals surface area (Å²) in [7, 11) is -8.92. The molecule has 352 valence electrons. The van der Waals surface area contributed by atoms with E-state index in [9.17, 15) is 56.1 Å². The van der Waals surface area contributed by atoms with Gasteiger partial charge >= 0.3 is 5.97 Å². The predicted octanol–water partition coefficient (Wildman–Crippen LogP) is 8.68. The number of fused-ring (bicyclic) bond motifs is 2. The Hall–Kier alpha value is -6.80. The van der Waals surface area contributed by atoms with Crippen molar-refractivity contribution in [3.05, 3.63) is 175 Å². The average molecular weight is 956 g/mol. The third-order valence-electron chi connectivity index (χ3n) is 11.5. The molecule has 0 fully saturated rings. The van der Waals surface area contributed by atoms with Gasteiger partial charge in [-0.25, -0.2) is 4.58 Å². The van der Waals surface area contributed by atoms with Crippen LogP contribution in [0, 0.1) is 20.2 Å². The molecular weight excluding hydrogens is 905 g/mol. The fourth-order valence-corrected chi connectivity index (χ4v) is 9.10. The molecule has 2 aliphatic heterocycles. The lowest BCUT2D eigenvalue weighted by Gasteiger charge is -2.30. The van der Waals surface area contributed by atoms with Crippen molar-refractivity contribution in [3.63, 3.8) is 0 Å². The number of nitrogens with zero attached hydrogens (tertiary/aromatic N) is 4. The van der Waals surface area contributed by atoms with E-state index >= 15 is 0 Å². The van der Waals surface area contributed by atoms with Gasteiger partial charge in [0.25, 0.3) is 31.6 Å². The van der Waals surface area contributed by atoms with Gasteiger partial charge in [0.15, 0.2) is 13.1 Å². The molecule has 3 aliphatic rings. The van der Waals surface area contributed by atoms with E-state index in [1.807, 2.05) is 73.6 Å². The number of hydrogen-bond donors (Lipinski definition) is 3. The predicted molar refractivity (Wildman–Crippen MR) is 253 cm³/mol. The second kappa shape index (κ2) is 20.0. The first-order chi connectivity index (χ1) is 31.4. The summed E-state index contributed by atoms with van der Waals surface area (Å²) in [6, 6.07) is 24.3. The van der Waals surface area contributed by atoms with Crippen molar-refractivity contribution in [3.8, 4) is 11.3 Å². The number of carbonyl (C=O) groups is 1. The summed E-state index contributed by atoms with van der Waals surface area (Å²) < 4.78 is 75.8. The van der Waals surface area contributed by atoms with Gasteiger partial charge in [-0.3, -0.25) is 34.1 Å². The maximum Gasteiger partial charge on any atom is 0.303 e. The van der Waals surface area contributed by atoms with Crippen LogP contribution in [-0.2, 0) is 49.0 Å². The zero-order chi connectivity index (χ0) is 48.9. The van der Waals surface area contributed by atoms with Crippen molar-refractivity contribution in [1.29, 1.82) is 0 Å². The molecule has 3 aromatic carbocycles. The molecule has 0 bridgehead atoms. The number of hydrogen-bond acceptors (Lipinski definition) is 11. The first-order valence-corrected chi connectivity index (χ1v) is 24.2. The van der Waals surface area contributed by atoms with E-state index in [4.69, 9.17) is 4.42 Å². The van der Waals surface area contributed by atoms with Crippen LogP contribution in [0.2, 0.25) is 0 Å². The summed E-state index contributed by atoms with van der Waals surface area (Å²) in [5.74, 6) is -0.288. The highest BCUT2D eigenvalue weighted by molar-refractivity contribution is 7.86. The summed E-state index contributed by atoms with van der Waals surface area (Å²) >= 11 is 0. The number of nitro benzene ring substituents is 2. The molecule has 3 N–H and O–H groups in total. The summed E-state index contributed by atoms with van der Waals surface area (Å²) in [5, 5.41) is 32.9. The van der Waals surface area contributed by atoms with E-state index in [0.29, 0.717) is 41.6 Å². The molecule has 1 unspecified atom stereocenters. The first kappa shape index (κ1) is 49.6. The van der Waals surface area contributed by atoms with E-state index in [1.54, 1.807) is 42.5 Å². The van der Waals surface area contributed by atoms with Crippen LogP contribution < -0.4 is 14.8 Å². The Morgan fingerprint density at radius 1 is 0.806 bits per heavy atom. The van der Waals surface area contributed by atoms with Crippen LogP contribution in [-0.4, -0.2) is 59.2 Å². The molecule has 0 radical (unpaired) electrons. The first-order valence-electron chi connectivity index (χ1n) is 21.2. The van der Waals surface area contributed by atoms with E-state index in [1.165, 1.54) is 42.5 Å². The van der Waals surface area contributed by atoms with Crippen LogP contribution in [0.3, 0.4) is 0 Å². The van der Waals surface area contributed by atoms with Gasteiger partial charge < -0.3 is 14.4 Å². The quantitative estimate of drug-likeness (QED) is 0.0244. The molecule has 0 spiro atoms. The summed E-state index contributed by atoms with van der Waals surface area (Å²) in [4.78, 5) is 34.8. The topological polar surface area (TPSA) is 252 Å². The lowest BCUT2D eigenvalue weighted by Crippen LogP contribution is -2.30. The number of carboxylic acids is 1. The number of aliphatic carboxylic acids is 1. The van der Waals surface area contributed by atoms with Crippen LogP contribution in [0.1, 0.15) is 81.4 Å². The minimum absolute atomic E-state index is 0.0142. The maximum absolute atomic E-state index is 12.2. The molecule has 0 saturated heterocycles. The molecule has 1 aliphatic carbocycles. The third kappa shape index (κ3) is 12.4. The SMILES string of the molecule is CC(C)(C)c1cc(/C=C/C=C/C=C2/N(CCCS(=O)(=O)O)c3ccc(S(=O)(=O)O)cc3C2(C)CCCC(=O)O)c2ccc(=[N+](Cc3ccc([N+](=O)[O-])cc3)Cc3ccc([N+](=O)[O-])cc3)cc-2o1. The molecular formula is C48H51N4O13S2+. The Kier molecular flexibility index (Phi) is 14.8. The lowest BCUT2D eigenvalue weighted by molar-refractivity contribution is -0.385. The number of benzene rings is 4. The Labute approximate surface area is 387 Å². The zero-order valence-electron chi connectivity index (χ0n) is 37.2. The smallest absolute Gasteiger partial charge is 0.303 e. The van der Waals surface area contributed by atoms with Gasteiger partial charge in [0.2, 0.25) is 5.36 Å². The maximum atomic E-state index is 12.2.